The summed E-state index contributed by atoms with van der Waals surface area (Å²) in [5.41, 5.74) is 2.24. The number of nitro groups is 1. The van der Waals surface area contributed by atoms with Crippen LogP contribution in [0.15, 0.2) is 59.7 Å². The first-order valence-corrected chi connectivity index (χ1v) is 8.30. The Labute approximate surface area is 145 Å². The summed E-state index contributed by atoms with van der Waals surface area (Å²) < 4.78 is 0. The third-order valence-electron chi connectivity index (χ3n) is 4.23. The molecule has 128 valence electrons. The van der Waals surface area contributed by atoms with E-state index in [2.05, 4.69) is 5.10 Å². The molecule has 1 atom stereocenters. The lowest BCUT2D eigenvalue weighted by Gasteiger charge is -2.21. The molecule has 1 amide bonds. The van der Waals surface area contributed by atoms with E-state index in [0.717, 1.165) is 11.3 Å². The van der Waals surface area contributed by atoms with Gasteiger partial charge in [0.25, 0.3) is 5.69 Å². The summed E-state index contributed by atoms with van der Waals surface area (Å²) in [6.45, 7) is 1.93. The summed E-state index contributed by atoms with van der Waals surface area (Å²) in [6, 6.07) is 15.7. The Morgan fingerprint density at radius 1 is 1.20 bits per heavy atom. The zero-order valence-corrected chi connectivity index (χ0v) is 14.0. The van der Waals surface area contributed by atoms with E-state index in [-0.39, 0.29) is 11.6 Å². The van der Waals surface area contributed by atoms with Crippen LogP contribution in [0, 0.1) is 10.1 Å². The standard InChI is InChI=1S/C19H19N3O3/c1-2-8-19(23)21-18(15-11-6-7-12-17(15)22(24)25)13-16(20-21)14-9-4-3-5-10-14/h3-7,9-12,18H,2,8,13H2,1H3/t18-/m1/s1. The van der Waals surface area contributed by atoms with Crippen LogP contribution in [-0.2, 0) is 4.79 Å². The number of amides is 1. The van der Waals surface area contributed by atoms with Gasteiger partial charge in [-0.3, -0.25) is 14.9 Å². The molecule has 2 aromatic carbocycles. The Balaban J connectivity index is 2.01. The molecule has 6 heteroatoms. The predicted molar refractivity (Wildman–Crippen MR) is 95.2 cm³/mol. The van der Waals surface area contributed by atoms with Crippen molar-refractivity contribution in [3.63, 3.8) is 0 Å². The van der Waals surface area contributed by atoms with Crippen LogP contribution in [-0.4, -0.2) is 21.6 Å². The number of nitro benzene ring substituents is 1. The van der Waals surface area contributed by atoms with Gasteiger partial charge >= 0.3 is 0 Å². The van der Waals surface area contributed by atoms with Gasteiger partial charge in [0.05, 0.1) is 22.2 Å². The fraction of sp³-hybridized carbons (Fsp3) is 0.263. The highest BCUT2D eigenvalue weighted by Gasteiger charge is 2.36. The Morgan fingerprint density at radius 2 is 1.88 bits per heavy atom. The van der Waals surface area contributed by atoms with Gasteiger partial charge in [-0.05, 0) is 18.1 Å². The van der Waals surface area contributed by atoms with Crippen molar-refractivity contribution in [2.24, 2.45) is 5.10 Å². The zero-order valence-electron chi connectivity index (χ0n) is 14.0. The fourth-order valence-electron chi connectivity index (χ4n) is 3.05. The predicted octanol–water partition coefficient (Wildman–Crippen LogP) is 4.07. The summed E-state index contributed by atoms with van der Waals surface area (Å²) in [6.07, 6.45) is 1.53. The van der Waals surface area contributed by atoms with Crippen LogP contribution >= 0.6 is 0 Å². The van der Waals surface area contributed by atoms with Gasteiger partial charge in [0.2, 0.25) is 5.91 Å². The molecule has 1 aliphatic heterocycles. The molecule has 0 saturated carbocycles. The monoisotopic (exact) mass is 337 g/mol. The molecular weight excluding hydrogens is 318 g/mol. The molecule has 0 bridgehead atoms. The molecule has 25 heavy (non-hydrogen) atoms. The van der Waals surface area contributed by atoms with Crippen LogP contribution in [0.5, 0.6) is 0 Å². The highest BCUT2D eigenvalue weighted by atomic mass is 16.6. The van der Waals surface area contributed by atoms with Gasteiger partial charge in [0.1, 0.15) is 0 Å². The third-order valence-corrected chi connectivity index (χ3v) is 4.23. The maximum absolute atomic E-state index is 12.5. The van der Waals surface area contributed by atoms with Crippen molar-refractivity contribution in [2.45, 2.75) is 32.2 Å². The van der Waals surface area contributed by atoms with Crippen LogP contribution in [0.3, 0.4) is 0 Å². The summed E-state index contributed by atoms with van der Waals surface area (Å²) in [5.74, 6) is -0.114. The van der Waals surface area contributed by atoms with Crippen LogP contribution in [0.1, 0.15) is 43.4 Å². The molecule has 1 aliphatic rings. The lowest BCUT2D eigenvalue weighted by molar-refractivity contribution is -0.385. The largest absolute Gasteiger partial charge is 0.274 e. The minimum absolute atomic E-state index is 0.0197. The topological polar surface area (TPSA) is 75.8 Å². The first kappa shape index (κ1) is 16.8. The van der Waals surface area contributed by atoms with Crippen LogP contribution in [0.4, 0.5) is 5.69 Å². The Morgan fingerprint density at radius 3 is 2.56 bits per heavy atom. The maximum atomic E-state index is 12.5. The molecule has 0 aromatic heterocycles. The first-order valence-electron chi connectivity index (χ1n) is 8.30. The minimum atomic E-state index is -0.448. The smallest absolute Gasteiger partial charge is 0.273 e. The number of para-hydroxylation sites is 1. The number of hydrogen-bond acceptors (Lipinski definition) is 4. The fourth-order valence-corrected chi connectivity index (χ4v) is 3.05. The number of hydrogen-bond donors (Lipinski definition) is 0. The Hall–Kier alpha value is -3.02. The molecule has 3 rings (SSSR count). The van der Waals surface area contributed by atoms with E-state index in [9.17, 15) is 14.9 Å². The average Bonchev–Trinajstić information content (AvgIpc) is 3.08. The van der Waals surface area contributed by atoms with E-state index >= 15 is 0 Å². The first-order chi connectivity index (χ1) is 12.1. The second kappa shape index (κ2) is 7.25. The number of carbonyl (C=O) groups is 1. The number of nitrogens with zero attached hydrogens (tertiary/aromatic N) is 3. The van der Waals surface area contributed by atoms with Gasteiger partial charge in [-0.15, -0.1) is 0 Å². The van der Waals surface area contributed by atoms with Gasteiger partial charge in [-0.1, -0.05) is 49.4 Å². The van der Waals surface area contributed by atoms with Crippen molar-refractivity contribution in [3.8, 4) is 0 Å². The van der Waals surface area contributed by atoms with E-state index in [1.54, 1.807) is 18.2 Å². The molecule has 0 unspecified atom stereocenters. The lowest BCUT2D eigenvalue weighted by Crippen LogP contribution is -2.27. The van der Waals surface area contributed by atoms with E-state index in [0.29, 0.717) is 24.8 Å². The van der Waals surface area contributed by atoms with Crippen molar-refractivity contribution in [1.29, 1.82) is 0 Å². The number of carbonyl (C=O) groups excluding carboxylic acids is 1. The van der Waals surface area contributed by atoms with Crippen molar-refractivity contribution < 1.29 is 9.72 Å². The van der Waals surface area contributed by atoms with Gasteiger partial charge in [0.15, 0.2) is 0 Å². The van der Waals surface area contributed by atoms with Gasteiger partial charge in [-0.25, -0.2) is 5.01 Å². The third kappa shape index (κ3) is 3.42. The molecule has 0 N–H and O–H groups in total. The van der Waals surface area contributed by atoms with Crippen molar-refractivity contribution >= 4 is 17.3 Å². The Kier molecular flexibility index (Phi) is 4.88. The molecule has 1 heterocycles. The van der Waals surface area contributed by atoms with Crippen molar-refractivity contribution in [3.05, 3.63) is 75.8 Å². The van der Waals surface area contributed by atoms with Gasteiger partial charge < -0.3 is 0 Å². The summed E-state index contributed by atoms with van der Waals surface area (Å²) in [4.78, 5) is 23.5. The van der Waals surface area contributed by atoms with Gasteiger partial charge in [0, 0.05) is 18.9 Å². The zero-order chi connectivity index (χ0) is 17.8. The van der Waals surface area contributed by atoms with Crippen LogP contribution in [0.2, 0.25) is 0 Å². The second-order valence-corrected chi connectivity index (χ2v) is 5.94. The van der Waals surface area contributed by atoms with Gasteiger partial charge in [-0.2, -0.15) is 5.10 Å². The van der Waals surface area contributed by atoms with E-state index < -0.39 is 11.0 Å². The lowest BCUT2D eigenvalue weighted by atomic mass is 9.97. The summed E-state index contributed by atoms with van der Waals surface area (Å²) >= 11 is 0. The van der Waals surface area contributed by atoms with Crippen molar-refractivity contribution in [2.75, 3.05) is 0 Å². The highest BCUT2D eigenvalue weighted by molar-refractivity contribution is 6.03. The Bertz CT molecular complexity index is 818. The SMILES string of the molecule is CCCC(=O)N1N=C(c2ccccc2)C[C@@H]1c1ccccc1[N+](=O)[O-]. The average molecular weight is 337 g/mol. The molecule has 2 aromatic rings. The summed E-state index contributed by atoms with van der Waals surface area (Å²) in [5, 5.41) is 17.3. The molecule has 0 saturated heterocycles. The molecular formula is C19H19N3O3. The molecule has 6 nitrogen and oxygen atoms in total. The van der Waals surface area contributed by atoms with E-state index in [1.165, 1.54) is 11.1 Å². The minimum Gasteiger partial charge on any atom is -0.273 e. The second-order valence-electron chi connectivity index (χ2n) is 5.94. The highest BCUT2D eigenvalue weighted by Crippen LogP contribution is 2.37. The van der Waals surface area contributed by atoms with E-state index in [4.69, 9.17) is 0 Å². The van der Waals surface area contributed by atoms with E-state index in [1.807, 2.05) is 37.3 Å². The number of rotatable bonds is 5. The number of benzene rings is 2. The molecule has 0 spiro atoms. The maximum Gasteiger partial charge on any atom is 0.274 e. The molecule has 0 fully saturated rings. The normalized spacial score (nSPS) is 16.6. The van der Waals surface area contributed by atoms with Crippen LogP contribution < -0.4 is 0 Å². The van der Waals surface area contributed by atoms with Crippen molar-refractivity contribution in [1.82, 2.24) is 5.01 Å². The quantitative estimate of drug-likeness (QED) is 0.609. The molecule has 0 aliphatic carbocycles. The summed E-state index contributed by atoms with van der Waals surface area (Å²) in [7, 11) is 0. The molecule has 0 radical (unpaired) electrons. The number of hydrazone groups is 1. The van der Waals surface area contributed by atoms with Crippen LogP contribution in [0.25, 0.3) is 0 Å².